The zero-order valence-corrected chi connectivity index (χ0v) is 11.1. The molecule has 0 saturated heterocycles. The molecule has 3 heteroatoms. The average molecular weight is 245 g/mol. The maximum Gasteiger partial charge on any atom is 0.127 e. The largest absolute Gasteiger partial charge is 0.500 e. The number of hydrogen-bond donors (Lipinski definition) is 0. The number of benzene rings is 1. The van der Waals surface area contributed by atoms with Crippen LogP contribution in [0.15, 0.2) is 30.0 Å². The van der Waals surface area contributed by atoms with Gasteiger partial charge in [-0.05, 0) is 13.1 Å². The van der Waals surface area contributed by atoms with Crippen LogP contribution in [0.5, 0.6) is 5.75 Å². The van der Waals surface area contributed by atoms with Gasteiger partial charge in [-0.3, -0.25) is 4.90 Å². The van der Waals surface area contributed by atoms with Crippen LogP contribution in [0.4, 0.5) is 0 Å². The fraction of sp³-hybridized carbons (Fsp3) is 0.467. The van der Waals surface area contributed by atoms with Gasteiger partial charge in [-0.15, -0.1) is 0 Å². The van der Waals surface area contributed by atoms with E-state index in [9.17, 15) is 0 Å². The monoisotopic (exact) mass is 245 g/mol. The number of rotatable bonds is 1. The van der Waals surface area contributed by atoms with E-state index in [1.54, 1.807) is 7.11 Å². The molecule has 2 heterocycles. The van der Waals surface area contributed by atoms with Gasteiger partial charge in [0, 0.05) is 23.6 Å². The van der Waals surface area contributed by atoms with E-state index in [1.807, 2.05) is 12.1 Å². The highest BCUT2D eigenvalue weighted by Crippen LogP contribution is 2.41. The van der Waals surface area contributed by atoms with Crippen LogP contribution in [-0.2, 0) is 4.74 Å². The zero-order valence-electron chi connectivity index (χ0n) is 11.1. The van der Waals surface area contributed by atoms with E-state index in [2.05, 4.69) is 31.0 Å². The Morgan fingerprint density at radius 3 is 2.89 bits per heavy atom. The highest BCUT2D eigenvalue weighted by Gasteiger charge is 2.37. The lowest BCUT2D eigenvalue weighted by Crippen LogP contribution is -2.46. The summed E-state index contributed by atoms with van der Waals surface area (Å²) >= 11 is 0. The van der Waals surface area contributed by atoms with Crippen molar-refractivity contribution in [1.29, 1.82) is 0 Å². The van der Waals surface area contributed by atoms with Crippen LogP contribution in [0.3, 0.4) is 0 Å². The van der Waals surface area contributed by atoms with Gasteiger partial charge in [0.1, 0.15) is 18.1 Å². The first-order valence-corrected chi connectivity index (χ1v) is 6.43. The zero-order chi connectivity index (χ0) is 12.7. The van der Waals surface area contributed by atoms with Gasteiger partial charge in [-0.1, -0.05) is 25.1 Å². The standard InChI is InChI=1S/C15H19NO2/c1-10-8-16(2)12-9-18-13-7-5-4-6-11(13)14(12)15(10)17-3/h4-7,10,12H,8-9H2,1-3H3/t10-,12-/m0/s1. The molecule has 1 aromatic carbocycles. The Morgan fingerprint density at radius 1 is 1.33 bits per heavy atom. The highest BCUT2D eigenvalue weighted by molar-refractivity contribution is 5.78. The van der Waals surface area contributed by atoms with E-state index < -0.39 is 0 Å². The summed E-state index contributed by atoms with van der Waals surface area (Å²) in [5, 5.41) is 0. The third-order valence-corrected chi connectivity index (χ3v) is 3.93. The quantitative estimate of drug-likeness (QED) is 0.758. The van der Waals surface area contributed by atoms with Crippen molar-refractivity contribution in [2.75, 3.05) is 27.3 Å². The van der Waals surface area contributed by atoms with Crippen molar-refractivity contribution in [2.24, 2.45) is 5.92 Å². The van der Waals surface area contributed by atoms with Gasteiger partial charge >= 0.3 is 0 Å². The minimum absolute atomic E-state index is 0.311. The maximum atomic E-state index is 5.86. The second-order valence-electron chi connectivity index (χ2n) is 5.15. The summed E-state index contributed by atoms with van der Waals surface area (Å²) in [4.78, 5) is 2.36. The van der Waals surface area contributed by atoms with Crippen molar-refractivity contribution in [2.45, 2.75) is 13.0 Å². The van der Waals surface area contributed by atoms with Gasteiger partial charge in [-0.2, -0.15) is 0 Å². The molecular formula is C15H19NO2. The molecule has 2 aliphatic rings. The third-order valence-electron chi connectivity index (χ3n) is 3.93. The summed E-state index contributed by atoms with van der Waals surface area (Å²) < 4.78 is 11.5. The Kier molecular flexibility index (Phi) is 2.78. The first kappa shape index (κ1) is 11.6. The van der Waals surface area contributed by atoms with Crippen LogP contribution in [-0.4, -0.2) is 38.3 Å². The molecule has 1 aromatic rings. The molecule has 0 bridgehead atoms. The number of likely N-dealkylation sites (N-methyl/N-ethyl adjacent to an activating group) is 1. The number of hydrogen-bond acceptors (Lipinski definition) is 3. The van der Waals surface area contributed by atoms with E-state index in [0.29, 0.717) is 18.6 Å². The van der Waals surface area contributed by atoms with Gasteiger partial charge in [0.05, 0.1) is 13.2 Å². The van der Waals surface area contributed by atoms with E-state index >= 15 is 0 Å². The fourth-order valence-corrected chi connectivity index (χ4v) is 3.11. The van der Waals surface area contributed by atoms with E-state index in [4.69, 9.17) is 9.47 Å². The molecule has 3 rings (SSSR count). The summed E-state index contributed by atoms with van der Waals surface area (Å²) in [6.07, 6.45) is 0. The fourth-order valence-electron chi connectivity index (χ4n) is 3.11. The predicted octanol–water partition coefficient (Wildman–Crippen LogP) is 2.39. The van der Waals surface area contributed by atoms with Crippen LogP contribution < -0.4 is 4.74 Å². The normalized spacial score (nSPS) is 27.3. The predicted molar refractivity (Wildman–Crippen MR) is 71.4 cm³/mol. The first-order chi connectivity index (χ1) is 8.72. The molecular weight excluding hydrogens is 226 g/mol. The van der Waals surface area contributed by atoms with Crippen molar-refractivity contribution < 1.29 is 9.47 Å². The number of fused-ring (bicyclic) bond motifs is 3. The molecule has 3 nitrogen and oxygen atoms in total. The van der Waals surface area contributed by atoms with Gasteiger partial charge in [0.15, 0.2) is 0 Å². The van der Waals surface area contributed by atoms with Crippen LogP contribution in [0.1, 0.15) is 12.5 Å². The van der Waals surface area contributed by atoms with Gasteiger partial charge in [0.25, 0.3) is 0 Å². The summed E-state index contributed by atoms with van der Waals surface area (Å²) in [6, 6.07) is 8.55. The highest BCUT2D eigenvalue weighted by atomic mass is 16.5. The second-order valence-corrected chi connectivity index (χ2v) is 5.15. The van der Waals surface area contributed by atoms with Crippen LogP contribution in [0, 0.1) is 5.92 Å². The lowest BCUT2D eigenvalue weighted by Gasteiger charge is -2.41. The summed E-state index contributed by atoms with van der Waals surface area (Å²) in [5.74, 6) is 2.52. The molecule has 2 atom stereocenters. The molecule has 0 amide bonds. The molecule has 0 aliphatic carbocycles. The lowest BCUT2D eigenvalue weighted by atomic mass is 9.86. The Labute approximate surface area is 108 Å². The van der Waals surface area contributed by atoms with Crippen LogP contribution >= 0.6 is 0 Å². The van der Waals surface area contributed by atoms with Crippen LogP contribution in [0.25, 0.3) is 5.57 Å². The molecule has 0 saturated carbocycles. The minimum Gasteiger partial charge on any atom is -0.500 e. The van der Waals surface area contributed by atoms with Crippen molar-refractivity contribution in [3.05, 3.63) is 35.6 Å². The molecule has 0 fully saturated rings. The second kappa shape index (κ2) is 4.32. The topological polar surface area (TPSA) is 21.7 Å². The number of ether oxygens (including phenoxy) is 2. The number of methoxy groups -OCH3 is 1. The van der Waals surface area contributed by atoms with Crippen LogP contribution in [0.2, 0.25) is 0 Å². The summed E-state index contributed by atoms with van der Waals surface area (Å²) in [5.41, 5.74) is 2.49. The summed E-state index contributed by atoms with van der Waals surface area (Å²) in [6.45, 7) is 3.95. The molecule has 0 radical (unpaired) electrons. The Balaban J connectivity index is 2.19. The molecule has 0 aromatic heterocycles. The van der Waals surface area contributed by atoms with Crippen molar-refractivity contribution in [3.8, 4) is 5.75 Å². The Hall–Kier alpha value is -1.48. The van der Waals surface area contributed by atoms with Crippen molar-refractivity contribution in [3.63, 3.8) is 0 Å². The molecule has 18 heavy (non-hydrogen) atoms. The lowest BCUT2D eigenvalue weighted by molar-refractivity contribution is 0.133. The minimum atomic E-state index is 0.311. The van der Waals surface area contributed by atoms with E-state index in [1.165, 1.54) is 11.1 Å². The van der Waals surface area contributed by atoms with Gasteiger partial charge in [-0.25, -0.2) is 0 Å². The summed E-state index contributed by atoms with van der Waals surface area (Å²) in [7, 11) is 3.93. The van der Waals surface area contributed by atoms with Gasteiger partial charge < -0.3 is 9.47 Å². The molecule has 0 spiro atoms. The third kappa shape index (κ3) is 1.62. The van der Waals surface area contributed by atoms with Crippen molar-refractivity contribution in [1.82, 2.24) is 4.90 Å². The van der Waals surface area contributed by atoms with Crippen molar-refractivity contribution >= 4 is 5.57 Å². The Bertz CT molecular complexity index is 495. The maximum absolute atomic E-state index is 5.86. The van der Waals surface area contributed by atoms with Gasteiger partial charge in [0.2, 0.25) is 0 Å². The smallest absolute Gasteiger partial charge is 0.127 e. The first-order valence-electron chi connectivity index (χ1n) is 6.43. The molecule has 0 unspecified atom stereocenters. The number of para-hydroxylation sites is 1. The molecule has 96 valence electrons. The Morgan fingerprint density at radius 2 is 2.11 bits per heavy atom. The van der Waals surface area contributed by atoms with E-state index in [-0.39, 0.29) is 0 Å². The SMILES string of the molecule is COC1=C2c3ccccc3OC[C@@H]2N(C)C[C@@H]1C. The van der Waals surface area contributed by atoms with E-state index in [0.717, 1.165) is 18.1 Å². The number of nitrogens with zero attached hydrogens (tertiary/aromatic N) is 1. The molecule has 2 aliphatic heterocycles. The molecule has 0 N–H and O–H groups in total. The average Bonchev–Trinajstić information content (AvgIpc) is 2.39.